The quantitative estimate of drug-likeness (QED) is 0.694. The van der Waals surface area contributed by atoms with E-state index in [-0.39, 0.29) is 5.95 Å². The Kier molecular flexibility index (Phi) is 2.90. The zero-order valence-corrected chi connectivity index (χ0v) is 12.7. The standard InChI is InChI=1S/C14H13BrN6/c15-13-3-9-10(11-1-2-18-14(16)20-11)7-21(8-4-17-5-8)12(9)6-19-13/h1-3,6-8,17H,4-5H2,(H2,16,18,20). The molecule has 4 heterocycles. The molecule has 4 rings (SSSR count). The molecule has 0 aliphatic carbocycles. The van der Waals surface area contributed by atoms with Crippen LogP contribution in [0.5, 0.6) is 0 Å². The normalized spacial score (nSPS) is 15.3. The van der Waals surface area contributed by atoms with Crippen LogP contribution in [0.15, 0.2) is 35.3 Å². The van der Waals surface area contributed by atoms with Gasteiger partial charge in [0.05, 0.1) is 23.4 Å². The Morgan fingerprint density at radius 1 is 1.33 bits per heavy atom. The summed E-state index contributed by atoms with van der Waals surface area (Å²) < 4.78 is 3.07. The van der Waals surface area contributed by atoms with Crippen molar-refractivity contribution >= 4 is 32.8 Å². The summed E-state index contributed by atoms with van der Waals surface area (Å²) in [7, 11) is 0. The predicted molar refractivity (Wildman–Crippen MR) is 84.8 cm³/mol. The van der Waals surface area contributed by atoms with Crippen LogP contribution in [0.4, 0.5) is 5.95 Å². The molecule has 6 nitrogen and oxygen atoms in total. The Labute approximate surface area is 129 Å². The minimum atomic E-state index is 0.284. The van der Waals surface area contributed by atoms with Crippen molar-refractivity contribution in [3.05, 3.63) is 35.3 Å². The number of hydrogen-bond acceptors (Lipinski definition) is 5. The average Bonchev–Trinajstić information content (AvgIpc) is 2.75. The lowest BCUT2D eigenvalue weighted by Crippen LogP contribution is -2.43. The van der Waals surface area contributed by atoms with Gasteiger partial charge in [-0.05, 0) is 28.1 Å². The summed E-state index contributed by atoms with van der Waals surface area (Å²) in [6.07, 6.45) is 5.71. The van der Waals surface area contributed by atoms with Crippen LogP contribution in [0.3, 0.4) is 0 Å². The molecule has 0 amide bonds. The van der Waals surface area contributed by atoms with Crippen molar-refractivity contribution in [2.45, 2.75) is 6.04 Å². The Balaban J connectivity index is 1.97. The molecule has 0 aromatic carbocycles. The summed E-state index contributed by atoms with van der Waals surface area (Å²) in [4.78, 5) is 12.7. The first-order valence-corrected chi connectivity index (χ1v) is 7.47. The number of nitrogens with zero attached hydrogens (tertiary/aromatic N) is 4. The highest BCUT2D eigenvalue weighted by Gasteiger charge is 2.22. The first-order chi connectivity index (χ1) is 10.2. The minimum absolute atomic E-state index is 0.284. The fraction of sp³-hybridized carbons (Fsp3) is 0.214. The van der Waals surface area contributed by atoms with Crippen LogP contribution in [0.25, 0.3) is 22.2 Å². The summed E-state index contributed by atoms with van der Waals surface area (Å²) in [5.41, 5.74) is 8.70. The molecule has 3 aromatic rings. The van der Waals surface area contributed by atoms with Crippen LogP contribution in [-0.2, 0) is 0 Å². The fourth-order valence-electron chi connectivity index (χ4n) is 2.62. The van der Waals surface area contributed by atoms with E-state index in [1.54, 1.807) is 6.20 Å². The summed E-state index contributed by atoms with van der Waals surface area (Å²) in [6, 6.07) is 4.36. The Hall–Kier alpha value is -1.99. The number of nitrogen functional groups attached to an aromatic ring is 1. The molecule has 106 valence electrons. The summed E-state index contributed by atoms with van der Waals surface area (Å²) in [5, 5.41) is 4.41. The second kappa shape index (κ2) is 4.78. The molecule has 0 saturated carbocycles. The smallest absolute Gasteiger partial charge is 0.220 e. The molecule has 0 spiro atoms. The first-order valence-electron chi connectivity index (χ1n) is 6.68. The minimum Gasteiger partial charge on any atom is -0.368 e. The van der Waals surface area contributed by atoms with E-state index >= 15 is 0 Å². The van der Waals surface area contributed by atoms with E-state index in [9.17, 15) is 0 Å². The lowest BCUT2D eigenvalue weighted by molar-refractivity contribution is 0.352. The number of rotatable bonds is 2. The van der Waals surface area contributed by atoms with Gasteiger partial charge in [-0.3, -0.25) is 0 Å². The van der Waals surface area contributed by atoms with Crippen LogP contribution < -0.4 is 11.1 Å². The fourth-order valence-corrected chi connectivity index (χ4v) is 2.95. The van der Waals surface area contributed by atoms with E-state index in [0.717, 1.165) is 39.9 Å². The molecule has 1 saturated heterocycles. The van der Waals surface area contributed by atoms with E-state index in [4.69, 9.17) is 5.73 Å². The zero-order valence-electron chi connectivity index (χ0n) is 11.1. The molecule has 1 aliphatic rings. The highest BCUT2D eigenvalue weighted by Crippen LogP contribution is 2.33. The maximum atomic E-state index is 5.71. The van der Waals surface area contributed by atoms with Crippen molar-refractivity contribution in [3.8, 4) is 11.3 Å². The van der Waals surface area contributed by atoms with Gasteiger partial charge in [0.25, 0.3) is 0 Å². The van der Waals surface area contributed by atoms with Gasteiger partial charge in [0, 0.05) is 36.4 Å². The van der Waals surface area contributed by atoms with Gasteiger partial charge in [-0.25, -0.2) is 15.0 Å². The second-order valence-electron chi connectivity index (χ2n) is 5.09. The highest BCUT2D eigenvalue weighted by atomic mass is 79.9. The van der Waals surface area contributed by atoms with Crippen LogP contribution in [-0.4, -0.2) is 32.6 Å². The number of hydrogen-bond donors (Lipinski definition) is 2. The van der Waals surface area contributed by atoms with Gasteiger partial charge in [-0.2, -0.15) is 0 Å². The average molecular weight is 345 g/mol. The van der Waals surface area contributed by atoms with Gasteiger partial charge in [0.2, 0.25) is 5.95 Å². The molecule has 0 radical (unpaired) electrons. The molecule has 0 unspecified atom stereocenters. The van der Waals surface area contributed by atoms with E-state index in [0.29, 0.717) is 6.04 Å². The number of anilines is 1. The molecular weight excluding hydrogens is 332 g/mol. The Morgan fingerprint density at radius 2 is 2.19 bits per heavy atom. The second-order valence-corrected chi connectivity index (χ2v) is 5.90. The summed E-state index contributed by atoms with van der Waals surface area (Å²) in [5.74, 6) is 0.284. The van der Waals surface area contributed by atoms with Gasteiger partial charge in [-0.1, -0.05) is 0 Å². The first kappa shape index (κ1) is 12.7. The largest absolute Gasteiger partial charge is 0.368 e. The van der Waals surface area contributed by atoms with E-state index in [2.05, 4.69) is 47.0 Å². The van der Waals surface area contributed by atoms with Crippen LogP contribution in [0.2, 0.25) is 0 Å². The monoisotopic (exact) mass is 344 g/mol. The van der Waals surface area contributed by atoms with E-state index in [1.807, 2.05) is 18.3 Å². The van der Waals surface area contributed by atoms with Crippen molar-refractivity contribution in [1.29, 1.82) is 0 Å². The lowest BCUT2D eigenvalue weighted by Gasteiger charge is -2.29. The molecule has 1 fully saturated rings. The topological polar surface area (TPSA) is 81.6 Å². The molecule has 21 heavy (non-hydrogen) atoms. The predicted octanol–water partition coefficient (Wildman–Crippen LogP) is 1.98. The third-order valence-electron chi connectivity index (χ3n) is 3.79. The van der Waals surface area contributed by atoms with Crippen molar-refractivity contribution in [2.75, 3.05) is 18.8 Å². The van der Waals surface area contributed by atoms with Gasteiger partial charge in [0.1, 0.15) is 4.60 Å². The van der Waals surface area contributed by atoms with Crippen LogP contribution in [0, 0.1) is 0 Å². The van der Waals surface area contributed by atoms with Crippen LogP contribution in [0.1, 0.15) is 6.04 Å². The summed E-state index contributed by atoms with van der Waals surface area (Å²) in [6.45, 7) is 1.95. The number of nitrogens with one attached hydrogen (secondary N) is 1. The van der Waals surface area contributed by atoms with Crippen molar-refractivity contribution in [1.82, 2.24) is 24.8 Å². The lowest BCUT2D eigenvalue weighted by atomic mass is 10.1. The number of nitrogens with two attached hydrogens (primary N) is 1. The highest BCUT2D eigenvalue weighted by molar-refractivity contribution is 9.10. The number of aromatic nitrogens is 4. The van der Waals surface area contributed by atoms with Crippen molar-refractivity contribution in [2.24, 2.45) is 0 Å². The van der Waals surface area contributed by atoms with E-state index in [1.165, 1.54) is 0 Å². The number of halogens is 1. The molecular formula is C14H13BrN6. The zero-order chi connectivity index (χ0) is 14.4. The third kappa shape index (κ3) is 2.09. The number of pyridine rings is 1. The Bertz CT molecular complexity index is 823. The maximum Gasteiger partial charge on any atom is 0.220 e. The Morgan fingerprint density at radius 3 is 2.90 bits per heavy atom. The van der Waals surface area contributed by atoms with Crippen molar-refractivity contribution in [3.63, 3.8) is 0 Å². The molecule has 3 aromatic heterocycles. The van der Waals surface area contributed by atoms with Gasteiger partial charge >= 0.3 is 0 Å². The number of fused-ring (bicyclic) bond motifs is 1. The van der Waals surface area contributed by atoms with Gasteiger partial charge in [0.15, 0.2) is 0 Å². The van der Waals surface area contributed by atoms with Gasteiger partial charge in [-0.15, -0.1) is 0 Å². The molecule has 1 aliphatic heterocycles. The molecule has 0 atom stereocenters. The van der Waals surface area contributed by atoms with Gasteiger partial charge < -0.3 is 15.6 Å². The molecule has 7 heteroatoms. The SMILES string of the molecule is Nc1nccc(-c2cn(C3CNC3)c3cnc(Br)cc23)n1. The molecule has 0 bridgehead atoms. The maximum absolute atomic E-state index is 5.71. The third-order valence-corrected chi connectivity index (χ3v) is 4.22. The molecule has 3 N–H and O–H groups in total. The van der Waals surface area contributed by atoms with Crippen molar-refractivity contribution < 1.29 is 0 Å². The van der Waals surface area contributed by atoms with E-state index < -0.39 is 0 Å². The van der Waals surface area contributed by atoms with Crippen LogP contribution >= 0.6 is 15.9 Å². The summed E-state index contributed by atoms with van der Waals surface area (Å²) >= 11 is 3.44.